The molecule has 10 aromatic carbocycles. The Labute approximate surface area is 560 Å². The maximum atomic E-state index is 12.2. The van der Waals surface area contributed by atoms with Crippen LogP contribution in [0, 0.1) is 45.3 Å². The summed E-state index contributed by atoms with van der Waals surface area (Å²) in [4.78, 5) is 48.6. The summed E-state index contributed by atoms with van der Waals surface area (Å²) < 4.78 is 53.0. The van der Waals surface area contributed by atoms with E-state index >= 15 is 0 Å². The lowest BCUT2D eigenvalue weighted by Gasteiger charge is -2.31. The molecule has 12 rings (SSSR count). The fraction of sp³-hybridized carbons (Fsp3) is 0.160. The van der Waals surface area contributed by atoms with Gasteiger partial charge in [-0.05, 0) is 243 Å². The van der Waals surface area contributed by atoms with Crippen LogP contribution in [0.5, 0.6) is 92.0 Å². The van der Waals surface area contributed by atoms with Crippen LogP contribution in [0.1, 0.15) is 154 Å². The summed E-state index contributed by atoms with van der Waals surface area (Å²) in [5.74, 6) is 2.91. The van der Waals surface area contributed by atoms with Gasteiger partial charge in [0.2, 0.25) is 0 Å². The fourth-order valence-corrected chi connectivity index (χ4v) is 12.8. The monoisotopic (exact) mass is 1280 g/mol. The molecule has 0 amide bonds. The summed E-state index contributed by atoms with van der Waals surface area (Å²) in [7, 11) is 0. The van der Waals surface area contributed by atoms with E-state index in [1.165, 1.54) is 27.7 Å². The Morgan fingerprint density at radius 1 is 0.289 bits per heavy atom. The second-order valence-electron chi connectivity index (χ2n) is 25.0. The van der Waals surface area contributed by atoms with Gasteiger partial charge in [0.05, 0.1) is 0 Å². The molecule has 0 atom stereocenters. The van der Waals surface area contributed by atoms with Crippen molar-refractivity contribution in [3.05, 3.63) is 261 Å². The molecule has 2 aliphatic rings. The van der Waals surface area contributed by atoms with Crippen LogP contribution >= 0.6 is 0 Å². The van der Waals surface area contributed by atoms with Crippen molar-refractivity contribution in [1.29, 1.82) is 21.0 Å². The molecule has 1 spiro atoms. The Kier molecular flexibility index (Phi) is 17.2. The van der Waals surface area contributed by atoms with E-state index in [0.717, 1.165) is 22.3 Å². The van der Waals surface area contributed by atoms with Gasteiger partial charge in [0, 0.05) is 27.7 Å². The van der Waals surface area contributed by atoms with Crippen LogP contribution < -0.4 is 37.9 Å². The van der Waals surface area contributed by atoms with E-state index in [2.05, 4.69) is 52.0 Å². The van der Waals surface area contributed by atoms with Crippen molar-refractivity contribution in [3.8, 4) is 116 Å². The Balaban J connectivity index is 1.02. The number of Topliss-reactive ketones (excluding diaryl/α,β-unsaturated/α-hetero) is 4. The number of ether oxygens (including phenoxy) is 8. The first-order chi connectivity index (χ1) is 46.6. The van der Waals surface area contributed by atoms with Crippen LogP contribution in [-0.2, 0) is 16.2 Å². The number of hydrogen-bond donors (Lipinski definition) is 0. The highest BCUT2D eigenvalue weighted by molar-refractivity contribution is 5.95. The van der Waals surface area contributed by atoms with Crippen molar-refractivity contribution in [2.45, 2.75) is 84.5 Å². The minimum atomic E-state index is -0.845. The first-order valence-corrected chi connectivity index (χ1v) is 31.0. The van der Waals surface area contributed by atoms with Gasteiger partial charge in [-0.1, -0.05) is 52.0 Å². The molecular formula is C81H60N4O12. The third-order valence-corrected chi connectivity index (χ3v) is 17.4. The number of hydrogen-bond acceptors (Lipinski definition) is 16. The zero-order valence-electron chi connectivity index (χ0n) is 54.1. The molecule has 0 saturated carbocycles. The quantitative estimate of drug-likeness (QED) is 0.0645. The molecule has 2 aliphatic carbocycles. The highest BCUT2D eigenvalue weighted by Gasteiger charge is 2.57. The summed E-state index contributed by atoms with van der Waals surface area (Å²) in [6.45, 7) is 14.4. The smallest absolute Gasteiger partial charge is 0.170 e. The van der Waals surface area contributed by atoms with Crippen LogP contribution in [0.3, 0.4) is 0 Å². The number of carbonyl (C=O) groups excluding carboxylic acids is 4. The SMILES string of the molecule is CC(=O)c1ccc(Oc2cccc(Oc3cc4c(cc3Oc3cccc(Oc5ccc(C(C)=O)cc5)c3C#N)C3(CC4(C)C)CC(C)(C)c4cc(Oc5cccc(Oc6ccc(C(C)=O)cc6)c5C#N)c(Oc5cccc(Oc6ccc(C(C)=O)cc6)c5C#N)cc43)c2C#N)cc1. The number of benzene rings is 10. The number of nitrogens with zero attached hydrogens (tertiary/aromatic N) is 4. The lowest BCUT2D eigenvalue weighted by Crippen LogP contribution is -2.27. The van der Waals surface area contributed by atoms with Gasteiger partial charge in [-0.3, -0.25) is 19.2 Å². The van der Waals surface area contributed by atoms with E-state index in [9.17, 15) is 40.2 Å². The Morgan fingerprint density at radius 3 is 0.680 bits per heavy atom. The maximum absolute atomic E-state index is 12.2. The Hall–Kier alpha value is -12.8. The highest BCUT2D eigenvalue weighted by Crippen LogP contribution is 2.66. The van der Waals surface area contributed by atoms with E-state index in [0.29, 0.717) is 58.1 Å². The fourth-order valence-electron chi connectivity index (χ4n) is 12.8. The van der Waals surface area contributed by atoms with Crippen molar-refractivity contribution < 1.29 is 57.1 Å². The Bertz CT molecular complexity index is 4730. The predicted molar refractivity (Wildman–Crippen MR) is 360 cm³/mol. The molecule has 476 valence electrons. The third kappa shape index (κ3) is 12.8. The maximum Gasteiger partial charge on any atom is 0.170 e. The molecule has 97 heavy (non-hydrogen) atoms. The van der Waals surface area contributed by atoms with Gasteiger partial charge in [0.1, 0.15) is 116 Å². The molecule has 0 bridgehead atoms. The second kappa shape index (κ2) is 26.0. The van der Waals surface area contributed by atoms with Crippen LogP contribution in [0.25, 0.3) is 0 Å². The first kappa shape index (κ1) is 64.3. The summed E-state index contributed by atoms with van der Waals surface area (Å²) in [6.07, 6.45) is 1.05. The number of carbonyl (C=O) groups is 4. The minimum Gasteiger partial charge on any atom is -0.456 e. The van der Waals surface area contributed by atoms with Gasteiger partial charge in [-0.25, -0.2) is 0 Å². The van der Waals surface area contributed by atoms with Crippen molar-refractivity contribution in [2.24, 2.45) is 0 Å². The zero-order valence-corrected chi connectivity index (χ0v) is 54.1. The van der Waals surface area contributed by atoms with Crippen LogP contribution in [-0.4, -0.2) is 23.1 Å². The largest absolute Gasteiger partial charge is 0.456 e. The average molecular weight is 1280 g/mol. The van der Waals surface area contributed by atoms with Crippen LogP contribution in [0.15, 0.2) is 194 Å². The van der Waals surface area contributed by atoms with Crippen molar-refractivity contribution in [3.63, 3.8) is 0 Å². The third-order valence-electron chi connectivity index (χ3n) is 17.4. The molecule has 0 unspecified atom stereocenters. The number of fused-ring (bicyclic) bond motifs is 4. The standard InChI is InChI=1S/C81H60N4O12/c1-47(86)51-21-29-55(30-22-51)90-67-13-9-17-71(59(67)41-82)94-75-37-63-65(39-77(75)96-73-19-11-15-69(61(73)43-84)92-57-33-25-53(26-34-57)49(3)88)81(45-79(63,5)6)46-80(7,8)64-38-76(95-72-18-10-14-68(60(72)42-83)91-56-31-23-52(24-32-56)48(2)87)78(40-66(64)81)97-74-20-12-16-70(62(74)44-85)93-58-35-27-54(28-36-58)50(4)89/h9-40H,45-46H2,1-8H3. The van der Waals surface area contributed by atoms with Crippen LogP contribution in [0.4, 0.5) is 0 Å². The molecular weight excluding hydrogens is 1220 g/mol. The normalized spacial score (nSPS) is 13.2. The van der Waals surface area contributed by atoms with Gasteiger partial charge in [0.15, 0.2) is 46.1 Å². The first-order valence-electron chi connectivity index (χ1n) is 31.0. The lowest BCUT2D eigenvalue weighted by atomic mass is 9.72. The van der Waals surface area contributed by atoms with Gasteiger partial charge < -0.3 is 37.9 Å². The van der Waals surface area contributed by atoms with Gasteiger partial charge in [-0.15, -0.1) is 0 Å². The molecule has 16 heteroatoms. The van der Waals surface area contributed by atoms with E-state index in [1.54, 1.807) is 170 Å². The van der Waals surface area contributed by atoms with Crippen molar-refractivity contribution in [1.82, 2.24) is 0 Å². The van der Waals surface area contributed by atoms with Crippen LogP contribution in [0.2, 0.25) is 0 Å². The van der Waals surface area contributed by atoms with Gasteiger partial charge >= 0.3 is 0 Å². The lowest BCUT2D eigenvalue weighted by molar-refractivity contribution is 0.100. The number of ketones is 4. The number of rotatable bonds is 20. The second-order valence-corrected chi connectivity index (χ2v) is 25.0. The molecule has 0 heterocycles. The van der Waals surface area contributed by atoms with Crippen molar-refractivity contribution >= 4 is 23.1 Å². The summed E-state index contributed by atoms with van der Waals surface area (Å²) in [5.41, 5.74) is 3.54. The van der Waals surface area contributed by atoms with Crippen molar-refractivity contribution in [2.75, 3.05) is 0 Å². The average Bonchev–Trinajstić information content (AvgIpc) is 1.52. The summed E-state index contributed by atoms with van der Waals surface area (Å²) in [5, 5.41) is 43.7. The molecule has 0 aromatic heterocycles. The van der Waals surface area contributed by atoms with E-state index in [-0.39, 0.29) is 114 Å². The highest BCUT2D eigenvalue weighted by atomic mass is 16.5. The molecule has 16 nitrogen and oxygen atoms in total. The summed E-state index contributed by atoms with van der Waals surface area (Å²) >= 11 is 0. The van der Waals surface area contributed by atoms with Gasteiger partial charge in [-0.2, -0.15) is 21.0 Å². The van der Waals surface area contributed by atoms with E-state index < -0.39 is 16.2 Å². The molecule has 0 aliphatic heterocycles. The molecule has 0 saturated heterocycles. The molecule has 0 N–H and O–H groups in total. The van der Waals surface area contributed by atoms with E-state index in [4.69, 9.17) is 37.9 Å². The molecule has 10 aromatic rings. The molecule has 0 radical (unpaired) electrons. The zero-order chi connectivity index (χ0) is 68.5. The number of nitriles is 4. The van der Waals surface area contributed by atoms with E-state index in [1.807, 2.05) is 24.3 Å². The topological polar surface area (TPSA) is 237 Å². The summed E-state index contributed by atoms with van der Waals surface area (Å²) in [6, 6.07) is 62.9. The Morgan fingerprint density at radius 2 is 0.485 bits per heavy atom. The predicted octanol–water partition coefficient (Wildman–Crippen LogP) is 20.0. The minimum absolute atomic E-state index is 0.0438. The molecule has 0 fully saturated rings. The van der Waals surface area contributed by atoms with Gasteiger partial charge in [0.25, 0.3) is 0 Å².